The van der Waals surface area contributed by atoms with E-state index in [1.165, 1.54) is 12.1 Å². The smallest absolute Gasteiger partial charge is 0.352 e. The Balaban J connectivity index is 2.23. The van der Waals surface area contributed by atoms with E-state index in [1.54, 1.807) is 17.4 Å². The van der Waals surface area contributed by atoms with E-state index in [0.717, 1.165) is 0 Å². The van der Waals surface area contributed by atoms with Gasteiger partial charge in [-0.25, -0.2) is 0 Å². The lowest BCUT2D eigenvalue weighted by atomic mass is 10.2. The van der Waals surface area contributed by atoms with E-state index in [4.69, 9.17) is 11.6 Å². The fraction of sp³-hybridized carbons (Fsp3) is 0.333. The monoisotopic (exact) mass is 308 g/mol. The molecule has 0 saturated heterocycles. The maximum Gasteiger partial charge on any atom is 0.471 e. The molecule has 0 spiro atoms. The molecule has 0 saturated carbocycles. The van der Waals surface area contributed by atoms with Crippen LogP contribution in [0, 0.1) is 0 Å². The SMILES string of the molecule is O=C(NCCCNC(=O)C(F)(F)F)c1ccc(Cl)cc1. The molecular weight excluding hydrogens is 297 g/mol. The lowest BCUT2D eigenvalue weighted by Gasteiger charge is -2.08. The van der Waals surface area contributed by atoms with E-state index in [1.807, 2.05) is 0 Å². The van der Waals surface area contributed by atoms with Crippen LogP contribution in [0.5, 0.6) is 0 Å². The number of hydrogen-bond acceptors (Lipinski definition) is 2. The molecule has 0 aliphatic carbocycles. The fourth-order valence-corrected chi connectivity index (χ4v) is 1.42. The fourth-order valence-electron chi connectivity index (χ4n) is 1.30. The van der Waals surface area contributed by atoms with Gasteiger partial charge in [-0.05, 0) is 30.7 Å². The van der Waals surface area contributed by atoms with Gasteiger partial charge in [0, 0.05) is 23.7 Å². The van der Waals surface area contributed by atoms with E-state index in [0.29, 0.717) is 10.6 Å². The molecular formula is C12H12ClF3N2O2. The van der Waals surface area contributed by atoms with Gasteiger partial charge in [-0.15, -0.1) is 0 Å². The summed E-state index contributed by atoms with van der Waals surface area (Å²) in [6.07, 6.45) is -4.69. The van der Waals surface area contributed by atoms with Crippen molar-refractivity contribution in [2.24, 2.45) is 0 Å². The minimum absolute atomic E-state index is 0.152. The lowest BCUT2D eigenvalue weighted by molar-refractivity contribution is -0.173. The van der Waals surface area contributed by atoms with Gasteiger partial charge in [-0.1, -0.05) is 11.6 Å². The predicted molar refractivity (Wildman–Crippen MR) is 67.5 cm³/mol. The van der Waals surface area contributed by atoms with Crippen molar-refractivity contribution < 1.29 is 22.8 Å². The molecule has 4 nitrogen and oxygen atoms in total. The predicted octanol–water partition coefficient (Wildman–Crippen LogP) is 2.14. The molecule has 0 aliphatic heterocycles. The highest BCUT2D eigenvalue weighted by Crippen LogP contribution is 2.13. The molecule has 2 amide bonds. The highest BCUT2D eigenvalue weighted by Gasteiger charge is 2.38. The summed E-state index contributed by atoms with van der Waals surface area (Å²) in [6, 6.07) is 6.17. The normalized spacial score (nSPS) is 11.0. The van der Waals surface area contributed by atoms with Crippen LogP contribution in [-0.2, 0) is 4.79 Å². The average molecular weight is 309 g/mol. The van der Waals surface area contributed by atoms with Crippen molar-refractivity contribution in [3.05, 3.63) is 34.9 Å². The largest absolute Gasteiger partial charge is 0.471 e. The van der Waals surface area contributed by atoms with Crippen LogP contribution in [0.15, 0.2) is 24.3 Å². The molecule has 8 heteroatoms. The van der Waals surface area contributed by atoms with Crippen molar-refractivity contribution in [3.63, 3.8) is 0 Å². The van der Waals surface area contributed by atoms with Crippen molar-refractivity contribution in [2.75, 3.05) is 13.1 Å². The molecule has 110 valence electrons. The molecule has 1 rings (SSSR count). The van der Waals surface area contributed by atoms with Gasteiger partial charge in [0.2, 0.25) is 0 Å². The average Bonchev–Trinajstić information content (AvgIpc) is 2.37. The summed E-state index contributed by atoms with van der Waals surface area (Å²) in [6.45, 7) is -0.0150. The maximum absolute atomic E-state index is 11.8. The molecule has 0 aliphatic rings. The summed E-state index contributed by atoms with van der Waals surface area (Å²) >= 11 is 5.66. The van der Waals surface area contributed by atoms with Gasteiger partial charge in [0.1, 0.15) is 0 Å². The van der Waals surface area contributed by atoms with Crippen LogP contribution in [0.25, 0.3) is 0 Å². The highest BCUT2D eigenvalue weighted by molar-refractivity contribution is 6.30. The summed E-state index contributed by atoms with van der Waals surface area (Å²) in [4.78, 5) is 22.1. The summed E-state index contributed by atoms with van der Waals surface area (Å²) < 4.78 is 35.5. The first-order valence-electron chi connectivity index (χ1n) is 5.69. The number of rotatable bonds is 5. The number of benzene rings is 1. The first kappa shape index (κ1) is 16.3. The second kappa shape index (κ2) is 7.14. The van der Waals surface area contributed by atoms with Crippen molar-refractivity contribution in [1.29, 1.82) is 0 Å². The van der Waals surface area contributed by atoms with Gasteiger partial charge >= 0.3 is 12.1 Å². The zero-order chi connectivity index (χ0) is 15.2. The first-order chi connectivity index (χ1) is 9.30. The molecule has 2 N–H and O–H groups in total. The highest BCUT2D eigenvalue weighted by atomic mass is 35.5. The number of halogens is 4. The molecule has 0 fully saturated rings. The Morgan fingerprint density at radius 2 is 1.60 bits per heavy atom. The Bertz CT molecular complexity index is 475. The van der Waals surface area contributed by atoms with E-state index in [-0.39, 0.29) is 25.4 Å². The second-order valence-electron chi connectivity index (χ2n) is 3.87. The minimum atomic E-state index is -4.88. The summed E-state index contributed by atoms with van der Waals surface area (Å²) in [5.41, 5.74) is 0.397. The van der Waals surface area contributed by atoms with Gasteiger partial charge in [0.25, 0.3) is 5.91 Å². The third-order valence-electron chi connectivity index (χ3n) is 2.29. The van der Waals surface area contributed by atoms with Gasteiger partial charge in [-0.3, -0.25) is 9.59 Å². The van der Waals surface area contributed by atoms with E-state index < -0.39 is 12.1 Å². The molecule has 0 unspecified atom stereocenters. The molecule has 0 heterocycles. The van der Waals surface area contributed by atoms with Crippen LogP contribution in [0.1, 0.15) is 16.8 Å². The van der Waals surface area contributed by atoms with Gasteiger partial charge in [-0.2, -0.15) is 13.2 Å². The zero-order valence-corrected chi connectivity index (χ0v) is 11.0. The van der Waals surface area contributed by atoms with Crippen LogP contribution < -0.4 is 10.6 Å². The Morgan fingerprint density at radius 3 is 2.15 bits per heavy atom. The minimum Gasteiger partial charge on any atom is -0.352 e. The number of carbonyl (C=O) groups excluding carboxylic acids is 2. The quantitative estimate of drug-likeness (QED) is 0.819. The van der Waals surface area contributed by atoms with Crippen molar-refractivity contribution in [1.82, 2.24) is 10.6 Å². The van der Waals surface area contributed by atoms with Crippen LogP contribution in [0.3, 0.4) is 0 Å². The number of alkyl halides is 3. The summed E-state index contributed by atoms with van der Waals surface area (Å²) in [5, 5.41) is 4.72. The van der Waals surface area contributed by atoms with Crippen LogP contribution in [0.2, 0.25) is 5.02 Å². The Hall–Kier alpha value is -1.76. The van der Waals surface area contributed by atoms with E-state index in [2.05, 4.69) is 5.32 Å². The molecule has 0 bridgehead atoms. The van der Waals surface area contributed by atoms with Crippen LogP contribution in [0.4, 0.5) is 13.2 Å². The van der Waals surface area contributed by atoms with Gasteiger partial charge in [0.05, 0.1) is 0 Å². The molecule has 1 aromatic carbocycles. The third-order valence-corrected chi connectivity index (χ3v) is 2.54. The van der Waals surface area contributed by atoms with Crippen LogP contribution >= 0.6 is 11.6 Å². The number of carbonyl (C=O) groups is 2. The second-order valence-corrected chi connectivity index (χ2v) is 4.31. The van der Waals surface area contributed by atoms with Crippen molar-refractivity contribution >= 4 is 23.4 Å². The van der Waals surface area contributed by atoms with Crippen LogP contribution in [-0.4, -0.2) is 31.1 Å². The molecule has 20 heavy (non-hydrogen) atoms. The zero-order valence-electron chi connectivity index (χ0n) is 10.3. The molecule has 1 aromatic rings. The van der Waals surface area contributed by atoms with E-state index in [9.17, 15) is 22.8 Å². The molecule has 0 aromatic heterocycles. The third kappa shape index (κ3) is 5.48. The number of hydrogen-bond donors (Lipinski definition) is 2. The standard InChI is InChI=1S/C12H12ClF3N2O2/c13-9-4-2-8(3-5-9)10(19)17-6-1-7-18-11(20)12(14,15)16/h2-5H,1,6-7H2,(H,17,19)(H,18,20). The lowest BCUT2D eigenvalue weighted by Crippen LogP contribution is -2.38. The van der Waals surface area contributed by atoms with Gasteiger partial charge < -0.3 is 10.6 Å². The summed E-state index contributed by atoms with van der Waals surface area (Å²) in [7, 11) is 0. The maximum atomic E-state index is 11.8. The topological polar surface area (TPSA) is 58.2 Å². The Kier molecular flexibility index (Phi) is 5.82. The van der Waals surface area contributed by atoms with Crippen molar-refractivity contribution in [2.45, 2.75) is 12.6 Å². The molecule has 0 atom stereocenters. The molecule has 0 radical (unpaired) electrons. The van der Waals surface area contributed by atoms with E-state index >= 15 is 0 Å². The van der Waals surface area contributed by atoms with Gasteiger partial charge in [0.15, 0.2) is 0 Å². The Morgan fingerprint density at radius 1 is 1.05 bits per heavy atom. The Labute approximate surface area is 118 Å². The number of amides is 2. The van der Waals surface area contributed by atoms with Crippen molar-refractivity contribution in [3.8, 4) is 0 Å². The number of nitrogens with one attached hydrogen (secondary N) is 2. The summed E-state index contributed by atoms with van der Waals surface area (Å²) in [5.74, 6) is -2.34. The first-order valence-corrected chi connectivity index (χ1v) is 6.07.